The number of aromatic amines is 1. The molecule has 0 bridgehead atoms. The number of halogens is 2. The average molecular weight is 341 g/mol. The average Bonchev–Trinajstić information content (AvgIpc) is 2.72. The number of H-pyrrole nitrogens is 1. The number of ketones is 2. The monoisotopic (exact) mass is 341 g/mol. The van der Waals surface area contributed by atoms with Gasteiger partial charge in [0.2, 0.25) is 0 Å². The van der Waals surface area contributed by atoms with Gasteiger partial charge in [0.05, 0.1) is 17.8 Å². The van der Waals surface area contributed by atoms with E-state index < -0.39 is 18.0 Å². The van der Waals surface area contributed by atoms with E-state index in [2.05, 4.69) is 4.98 Å². The first kappa shape index (κ1) is 18.7. The molecule has 7 heteroatoms. The van der Waals surface area contributed by atoms with Crippen molar-refractivity contribution in [1.29, 1.82) is 0 Å². The fourth-order valence-electron chi connectivity index (χ4n) is 3.39. The maximum atomic E-state index is 13.7. The molecule has 1 aromatic rings. The molecule has 1 fully saturated rings. The van der Waals surface area contributed by atoms with Crippen LogP contribution in [0.5, 0.6) is 0 Å². The highest BCUT2D eigenvalue weighted by Crippen LogP contribution is 2.29. The molecule has 24 heavy (non-hydrogen) atoms. The Morgan fingerprint density at radius 2 is 1.96 bits per heavy atom. The minimum absolute atomic E-state index is 0.103. The lowest BCUT2D eigenvalue weighted by atomic mass is 10.0. The Morgan fingerprint density at radius 3 is 2.50 bits per heavy atom. The second kappa shape index (κ2) is 6.72. The Kier molecular flexibility index (Phi) is 5.25. The molecule has 1 aliphatic heterocycles. The van der Waals surface area contributed by atoms with E-state index in [0.29, 0.717) is 29.1 Å². The van der Waals surface area contributed by atoms with Crippen molar-refractivity contribution in [3.05, 3.63) is 22.5 Å². The third kappa shape index (κ3) is 3.42. The molecule has 1 saturated heterocycles. The van der Waals surface area contributed by atoms with Crippen LogP contribution in [0.2, 0.25) is 0 Å². The van der Waals surface area contributed by atoms with Crippen LogP contribution in [-0.2, 0) is 0 Å². The van der Waals surface area contributed by atoms with Gasteiger partial charge in [-0.15, -0.1) is 0 Å². The van der Waals surface area contributed by atoms with Crippen LogP contribution in [0.4, 0.5) is 8.78 Å². The largest absolute Gasteiger partial charge is 0.355 e. The fraction of sp³-hybridized carbons (Fsp3) is 0.647. The summed E-state index contributed by atoms with van der Waals surface area (Å²) in [6.45, 7) is 7.11. The maximum Gasteiger partial charge on any atom is 0.264 e. The third-order valence-corrected chi connectivity index (χ3v) is 4.97. The molecular weight excluding hydrogens is 316 g/mol. The highest BCUT2D eigenvalue weighted by Gasteiger charge is 2.41. The van der Waals surface area contributed by atoms with Gasteiger partial charge in [-0.3, -0.25) is 14.5 Å². The van der Waals surface area contributed by atoms with Gasteiger partial charge in [-0.2, -0.15) is 0 Å². The van der Waals surface area contributed by atoms with Crippen molar-refractivity contribution < 1.29 is 18.4 Å². The van der Waals surface area contributed by atoms with Gasteiger partial charge in [0.15, 0.2) is 11.6 Å². The van der Waals surface area contributed by atoms with E-state index in [9.17, 15) is 18.4 Å². The Morgan fingerprint density at radius 1 is 1.33 bits per heavy atom. The first-order valence-electron chi connectivity index (χ1n) is 8.18. The van der Waals surface area contributed by atoms with Crippen molar-refractivity contribution in [2.24, 2.45) is 5.73 Å². The zero-order chi connectivity index (χ0) is 18.2. The Labute approximate surface area is 140 Å². The van der Waals surface area contributed by atoms with Gasteiger partial charge >= 0.3 is 0 Å². The van der Waals surface area contributed by atoms with Crippen molar-refractivity contribution in [2.75, 3.05) is 13.1 Å². The van der Waals surface area contributed by atoms with Crippen molar-refractivity contribution in [3.8, 4) is 0 Å². The van der Waals surface area contributed by atoms with Crippen LogP contribution >= 0.6 is 0 Å². The molecule has 2 heterocycles. The summed E-state index contributed by atoms with van der Waals surface area (Å²) in [5.74, 6) is -3.20. The normalized spacial score (nSPS) is 22.9. The first-order chi connectivity index (χ1) is 11.1. The Balaban J connectivity index is 2.21. The summed E-state index contributed by atoms with van der Waals surface area (Å²) in [7, 11) is 0. The molecule has 0 amide bonds. The number of hydrogen-bond acceptors (Lipinski definition) is 4. The molecule has 0 aromatic carbocycles. The van der Waals surface area contributed by atoms with Crippen LogP contribution in [-0.4, -0.2) is 52.5 Å². The number of nitrogens with two attached hydrogens (primary N) is 1. The minimum Gasteiger partial charge on any atom is -0.355 e. The molecule has 3 N–H and O–H groups in total. The Hall–Kier alpha value is -1.60. The van der Waals surface area contributed by atoms with E-state index in [0.717, 1.165) is 0 Å². The SMILES string of the molecule is CC(=O)c1c(C)[nH]c(C(=O)C(C)N2CCC(N)C(F)(F)CC2)c1C. The zero-order valence-electron chi connectivity index (χ0n) is 14.6. The predicted molar refractivity (Wildman–Crippen MR) is 87.8 cm³/mol. The lowest BCUT2D eigenvalue weighted by Crippen LogP contribution is -2.40. The number of Topliss-reactive ketones (excluding diaryl/α,β-unsaturated/α-hetero) is 2. The predicted octanol–water partition coefficient (Wildman–Crippen LogP) is 2.46. The van der Waals surface area contributed by atoms with Gasteiger partial charge in [-0.1, -0.05) is 0 Å². The van der Waals surface area contributed by atoms with E-state index >= 15 is 0 Å². The van der Waals surface area contributed by atoms with Crippen LogP contribution < -0.4 is 5.73 Å². The number of aryl methyl sites for hydroxylation is 1. The lowest BCUT2D eigenvalue weighted by Gasteiger charge is -2.26. The van der Waals surface area contributed by atoms with Gasteiger partial charge in [0.25, 0.3) is 5.92 Å². The molecule has 1 aliphatic rings. The van der Waals surface area contributed by atoms with Crippen LogP contribution in [0, 0.1) is 13.8 Å². The minimum atomic E-state index is -2.90. The van der Waals surface area contributed by atoms with Gasteiger partial charge in [0, 0.05) is 30.8 Å². The Bertz CT molecular complexity index is 655. The van der Waals surface area contributed by atoms with Crippen LogP contribution in [0.3, 0.4) is 0 Å². The molecule has 0 saturated carbocycles. The van der Waals surface area contributed by atoms with Crippen LogP contribution in [0.25, 0.3) is 0 Å². The van der Waals surface area contributed by atoms with E-state index in [-0.39, 0.29) is 31.0 Å². The number of nitrogens with zero attached hydrogens (tertiary/aromatic N) is 1. The molecule has 0 spiro atoms. The first-order valence-corrected chi connectivity index (χ1v) is 8.18. The molecule has 2 rings (SSSR count). The van der Waals surface area contributed by atoms with Gasteiger partial charge < -0.3 is 10.7 Å². The molecule has 0 radical (unpaired) electrons. The standard InChI is InChI=1S/C17H25F2N3O2/c1-9-14(12(4)23)10(2)21-15(9)16(24)11(3)22-7-5-13(20)17(18,19)6-8-22/h11,13,21H,5-8,20H2,1-4H3. The number of alkyl halides is 2. The molecular formula is C17H25F2N3O2. The topological polar surface area (TPSA) is 79.2 Å². The summed E-state index contributed by atoms with van der Waals surface area (Å²) in [5.41, 5.74) is 7.71. The summed E-state index contributed by atoms with van der Waals surface area (Å²) >= 11 is 0. The van der Waals surface area contributed by atoms with E-state index in [4.69, 9.17) is 5.73 Å². The fourth-order valence-corrected chi connectivity index (χ4v) is 3.39. The summed E-state index contributed by atoms with van der Waals surface area (Å²) in [6.07, 6.45) is -0.209. The van der Waals surface area contributed by atoms with Crippen molar-refractivity contribution >= 4 is 11.6 Å². The molecule has 5 nitrogen and oxygen atoms in total. The summed E-state index contributed by atoms with van der Waals surface area (Å²) < 4.78 is 27.5. The molecule has 134 valence electrons. The van der Waals surface area contributed by atoms with E-state index in [1.54, 1.807) is 25.7 Å². The highest BCUT2D eigenvalue weighted by molar-refractivity contribution is 6.05. The summed E-state index contributed by atoms with van der Waals surface area (Å²) in [4.78, 5) is 29.2. The van der Waals surface area contributed by atoms with E-state index in [1.807, 2.05) is 0 Å². The summed E-state index contributed by atoms with van der Waals surface area (Å²) in [5, 5.41) is 0. The second-order valence-corrected chi connectivity index (χ2v) is 6.66. The molecule has 2 unspecified atom stereocenters. The summed E-state index contributed by atoms with van der Waals surface area (Å²) in [6, 6.07) is -1.73. The molecule has 1 aromatic heterocycles. The van der Waals surface area contributed by atoms with Crippen LogP contribution in [0.1, 0.15) is 58.8 Å². The maximum absolute atomic E-state index is 13.7. The number of hydrogen-bond donors (Lipinski definition) is 2. The van der Waals surface area contributed by atoms with Crippen molar-refractivity contribution in [1.82, 2.24) is 9.88 Å². The van der Waals surface area contributed by atoms with Crippen LogP contribution in [0.15, 0.2) is 0 Å². The smallest absolute Gasteiger partial charge is 0.264 e. The molecule has 2 atom stereocenters. The number of carbonyl (C=O) groups is 2. The number of likely N-dealkylation sites (tertiary alicyclic amines) is 1. The van der Waals surface area contributed by atoms with E-state index in [1.165, 1.54) is 6.92 Å². The van der Waals surface area contributed by atoms with Gasteiger partial charge in [-0.05, 0) is 39.7 Å². The van der Waals surface area contributed by atoms with Gasteiger partial charge in [-0.25, -0.2) is 8.78 Å². The van der Waals surface area contributed by atoms with Crippen molar-refractivity contribution in [2.45, 2.75) is 58.5 Å². The van der Waals surface area contributed by atoms with Crippen molar-refractivity contribution in [3.63, 3.8) is 0 Å². The molecule has 0 aliphatic carbocycles. The number of rotatable bonds is 4. The lowest BCUT2D eigenvalue weighted by molar-refractivity contribution is -0.0299. The highest BCUT2D eigenvalue weighted by atomic mass is 19.3. The number of nitrogens with one attached hydrogen (secondary N) is 1. The number of carbonyl (C=O) groups excluding carboxylic acids is 2. The number of aromatic nitrogens is 1. The van der Waals surface area contributed by atoms with Gasteiger partial charge in [0.1, 0.15) is 0 Å². The quantitative estimate of drug-likeness (QED) is 0.825. The third-order valence-electron chi connectivity index (χ3n) is 4.97. The zero-order valence-corrected chi connectivity index (χ0v) is 14.6. The second-order valence-electron chi connectivity index (χ2n) is 6.66.